The Morgan fingerprint density at radius 1 is 1.12 bits per heavy atom. The first-order chi connectivity index (χ1) is 7.72. The highest BCUT2D eigenvalue weighted by atomic mass is 16.1. The van der Waals surface area contributed by atoms with Gasteiger partial charge in [0.2, 0.25) is 5.91 Å². The zero-order valence-electron chi connectivity index (χ0n) is 11.0. The van der Waals surface area contributed by atoms with Crippen LogP contribution in [0.3, 0.4) is 0 Å². The second-order valence-corrected chi connectivity index (χ2v) is 5.24. The first-order valence-corrected chi connectivity index (χ1v) is 7.03. The van der Waals surface area contributed by atoms with Gasteiger partial charge in [0.25, 0.3) is 0 Å². The predicted molar refractivity (Wildman–Crippen MR) is 68.4 cm³/mol. The van der Waals surface area contributed by atoms with Crippen LogP contribution >= 0.6 is 0 Å². The lowest BCUT2D eigenvalue weighted by atomic mass is 9.91. The minimum Gasteiger partial charge on any atom is -0.351 e. The third-order valence-electron chi connectivity index (χ3n) is 3.70. The van der Waals surface area contributed by atoms with Crippen molar-refractivity contribution in [3.8, 4) is 0 Å². The first kappa shape index (κ1) is 13.5. The predicted octanol–water partition coefficient (Wildman–Crippen LogP) is 3.80. The van der Waals surface area contributed by atoms with Crippen LogP contribution in [0.5, 0.6) is 0 Å². The Kier molecular flexibility index (Phi) is 5.86. The molecule has 1 amide bonds. The number of carbonyl (C=O) groups excluding carboxylic acids is 1. The van der Waals surface area contributed by atoms with Gasteiger partial charge in [-0.3, -0.25) is 4.79 Å². The van der Waals surface area contributed by atoms with E-state index in [-0.39, 0.29) is 11.4 Å². The maximum Gasteiger partial charge on any atom is 0.220 e. The summed E-state index contributed by atoms with van der Waals surface area (Å²) >= 11 is 0. The van der Waals surface area contributed by atoms with E-state index in [1.807, 2.05) is 0 Å². The Morgan fingerprint density at radius 3 is 2.38 bits per heavy atom. The smallest absolute Gasteiger partial charge is 0.220 e. The molecular formula is C14H27NO. The maximum atomic E-state index is 11.8. The van der Waals surface area contributed by atoms with Crippen LogP contribution in [0.2, 0.25) is 0 Å². The van der Waals surface area contributed by atoms with E-state index in [2.05, 4.69) is 19.2 Å². The molecule has 16 heavy (non-hydrogen) atoms. The van der Waals surface area contributed by atoms with Gasteiger partial charge in [-0.1, -0.05) is 46.0 Å². The minimum atomic E-state index is 0.165. The summed E-state index contributed by atoms with van der Waals surface area (Å²) in [5, 5.41) is 3.31. The number of rotatable bonds is 7. The summed E-state index contributed by atoms with van der Waals surface area (Å²) in [7, 11) is 0. The lowest BCUT2D eigenvalue weighted by Crippen LogP contribution is -2.46. The van der Waals surface area contributed by atoms with Gasteiger partial charge in [-0.15, -0.1) is 0 Å². The fourth-order valence-electron chi connectivity index (χ4n) is 2.86. The standard InChI is InChI=1S/C14H27NO/c1-3-5-6-9-13(16)15-14(10-4-2)11-7-8-12-14/h3-12H2,1-2H3,(H,15,16). The average Bonchev–Trinajstić information content (AvgIpc) is 2.67. The van der Waals surface area contributed by atoms with Gasteiger partial charge in [0.05, 0.1) is 0 Å². The van der Waals surface area contributed by atoms with Crippen molar-refractivity contribution >= 4 is 5.91 Å². The van der Waals surface area contributed by atoms with Crippen LogP contribution in [0.1, 0.15) is 78.1 Å². The zero-order chi connectivity index (χ0) is 11.9. The van der Waals surface area contributed by atoms with Gasteiger partial charge >= 0.3 is 0 Å². The molecule has 0 radical (unpaired) electrons. The summed E-state index contributed by atoms with van der Waals surface area (Å²) in [6, 6.07) is 0. The molecule has 0 atom stereocenters. The van der Waals surface area contributed by atoms with Crippen molar-refractivity contribution < 1.29 is 4.79 Å². The van der Waals surface area contributed by atoms with Crippen molar-refractivity contribution in [2.45, 2.75) is 83.6 Å². The highest BCUT2D eigenvalue weighted by Crippen LogP contribution is 2.33. The largest absolute Gasteiger partial charge is 0.351 e. The molecule has 0 bridgehead atoms. The van der Waals surface area contributed by atoms with Crippen molar-refractivity contribution in [2.75, 3.05) is 0 Å². The van der Waals surface area contributed by atoms with Crippen LogP contribution in [0.25, 0.3) is 0 Å². The average molecular weight is 225 g/mol. The number of unbranched alkanes of at least 4 members (excludes halogenated alkanes) is 2. The number of carbonyl (C=O) groups is 1. The summed E-state index contributed by atoms with van der Waals surface area (Å²) in [6.45, 7) is 4.39. The van der Waals surface area contributed by atoms with E-state index in [1.54, 1.807) is 0 Å². The molecular weight excluding hydrogens is 198 g/mol. The van der Waals surface area contributed by atoms with E-state index in [4.69, 9.17) is 0 Å². The molecule has 1 N–H and O–H groups in total. The number of hydrogen-bond acceptors (Lipinski definition) is 1. The van der Waals surface area contributed by atoms with E-state index >= 15 is 0 Å². The van der Waals surface area contributed by atoms with Crippen molar-refractivity contribution in [2.24, 2.45) is 0 Å². The highest BCUT2D eigenvalue weighted by Gasteiger charge is 2.33. The third kappa shape index (κ3) is 4.15. The first-order valence-electron chi connectivity index (χ1n) is 7.03. The van der Waals surface area contributed by atoms with E-state index in [0.29, 0.717) is 0 Å². The Balaban J connectivity index is 2.33. The number of nitrogens with one attached hydrogen (secondary N) is 1. The molecule has 0 aromatic rings. The van der Waals surface area contributed by atoms with E-state index in [0.717, 1.165) is 19.3 Å². The van der Waals surface area contributed by atoms with Gasteiger partial charge in [0.15, 0.2) is 0 Å². The highest BCUT2D eigenvalue weighted by molar-refractivity contribution is 5.76. The molecule has 0 aromatic carbocycles. The molecule has 94 valence electrons. The lowest BCUT2D eigenvalue weighted by molar-refractivity contribution is -0.123. The van der Waals surface area contributed by atoms with Crippen LogP contribution < -0.4 is 5.32 Å². The molecule has 0 heterocycles. The third-order valence-corrected chi connectivity index (χ3v) is 3.70. The van der Waals surface area contributed by atoms with Crippen LogP contribution in [0, 0.1) is 0 Å². The molecule has 0 unspecified atom stereocenters. The molecule has 0 aliphatic heterocycles. The number of amides is 1. The quantitative estimate of drug-likeness (QED) is 0.656. The lowest BCUT2D eigenvalue weighted by Gasteiger charge is -2.30. The van der Waals surface area contributed by atoms with Gasteiger partial charge in [-0.2, -0.15) is 0 Å². The molecule has 1 aliphatic rings. The van der Waals surface area contributed by atoms with Crippen LogP contribution in [0.15, 0.2) is 0 Å². The Hall–Kier alpha value is -0.530. The summed E-state index contributed by atoms with van der Waals surface area (Å²) in [4.78, 5) is 11.8. The Bertz CT molecular complexity index is 207. The summed E-state index contributed by atoms with van der Waals surface area (Å²) in [6.07, 6.45) is 11.4. The van der Waals surface area contributed by atoms with Crippen molar-refractivity contribution in [3.05, 3.63) is 0 Å². The molecule has 2 heteroatoms. The normalized spacial score (nSPS) is 18.6. The second kappa shape index (κ2) is 6.93. The van der Waals surface area contributed by atoms with E-state index in [1.165, 1.54) is 44.9 Å². The number of hydrogen-bond donors (Lipinski definition) is 1. The zero-order valence-corrected chi connectivity index (χ0v) is 11.0. The van der Waals surface area contributed by atoms with Gasteiger partial charge in [-0.05, 0) is 25.7 Å². The van der Waals surface area contributed by atoms with Crippen molar-refractivity contribution in [1.29, 1.82) is 0 Å². The molecule has 1 rings (SSSR count). The van der Waals surface area contributed by atoms with E-state index in [9.17, 15) is 4.79 Å². The Morgan fingerprint density at radius 2 is 1.81 bits per heavy atom. The van der Waals surface area contributed by atoms with Crippen LogP contribution in [-0.4, -0.2) is 11.4 Å². The summed E-state index contributed by atoms with van der Waals surface area (Å²) < 4.78 is 0. The van der Waals surface area contributed by atoms with E-state index < -0.39 is 0 Å². The van der Waals surface area contributed by atoms with Crippen molar-refractivity contribution in [3.63, 3.8) is 0 Å². The molecule has 1 aliphatic carbocycles. The second-order valence-electron chi connectivity index (χ2n) is 5.24. The Labute approximate surface area is 100 Å². The molecule has 0 aromatic heterocycles. The van der Waals surface area contributed by atoms with Crippen LogP contribution in [-0.2, 0) is 4.79 Å². The fourth-order valence-corrected chi connectivity index (χ4v) is 2.86. The molecule has 0 spiro atoms. The van der Waals surface area contributed by atoms with Gasteiger partial charge in [0, 0.05) is 12.0 Å². The van der Waals surface area contributed by atoms with Gasteiger partial charge < -0.3 is 5.32 Å². The maximum absolute atomic E-state index is 11.8. The molecule has 1 fully saturated rings. The molecule has 2 nitrogen and oxygen atoms in total. The minimum absolute atomic E-state index is 0.165. The van der Waals surface area contributed by atoms with Crippen LogP contribution in [0.4, 0.5) is 0 Å². The fraction of sp³-hybridized carbons (Fsp3) is 0.929. The van der Waals surface area contributed by atoms with Crippen molar-refractivity contribution in [1.82, 2.24) is 5.32 Å². The monoisotopic (exact) mass is 225 g/mol. The van der Waals surface area contributed by atoms with Gasteiger partial charge in [0.1, 0.15) is 0 Å². The van der Waals surface area contributed by atoms with Gasteiger partial charge in [-0.25, -0.2) is 0 Å². The topological polar surface area (TPSA) is 29.1 Å². The summed E-state index contributed by atoms with van der Waals surface area (Å²) in [5.41, 5.74) is 0.165. The molecule has 1 saturated carbocycles. The SMILES string of the molecule is CCCCCC(=O)NC1(CCC)CCCC1. The summed E-state index contributed by atoms with van der Waals surface area (Å²) in [5.74, 6) is 0.281. The molecule has 0 saturated heterocycles.